The van der Waals surface area contributed by atoms with Gasteiger partial charge in [0.2, 0.25) is 0 Å². The fraction of sp³-hybridized carbons (Fsp3) is 0.423. The van der Waals surface area contributed by atoms with Crippen LogP contribution in [0.5, 0.6) is 11.5 Å². The number of epoxide rings is 1. The summed E-state index contributed by atoms with van der Waals surface area (Å²) in [6, 6.07) is 24.0. The number of anilines is 1. The molecule has 0 spiro atoms. The van der Waals surface area contributed by atoms with Crippen LogP contribution in [0.2, 0.25) is 0 Å². The molecule has 0 saturated carbocycles. The van der Waals surface area contributed by atoms with Crippen molar-refractivity contribution < 1.29 is 54.4 Å². The van der Waals surface area contributed by atoms with Crippen LogP contribution in [-0.4, -0.2) is 58.4 Å². The number of benzene rings is 4. The highest BCUT2D eigenvalue weighted by Crippen LogP contribution is 2.53. The first-order valence-electron chi connectivity index (χ1n) is 21.7. The number of halogens is 8. The molecule has 15 heteroatoms. The fourth-order valence-corrected chi connectivity index (χ4v) is 9.12. The summed E-state index contributed by atoms with van der Waals surface area (Å²) in [5.41, 5.74) is 5.80. The maximum Gasteiger partial charge on any atom is 0.419 e. The summed E-state index contributed by atoms with van der Waals surface area (Å²) in [4.78, 5) is 8.79. The highest BCUT2D eigenvalue weighted by atomic mass is 19.4. The molecule has 4 aromatic carbocycles. The van der Waals surface area contributed by atoms with Gasteiger partial charge in [-0.25, -0.2) is 8.78 Å². The van der Waals surface area contributed by atoms with Gasteiger partial charge in [0.05, 0.1) is 30.9 Å². The van der Waals surface area contributed by atoms with Crippen LogP contribution in [0.15, 0.2) is 84.9 Å². The number of rotatable bonds is 9. The second-order valence-corrected chi connectivity index (χ2v) is 18.8. The maximum absolute atomic E-state index is 14.2. The Hall–Kier alpha value is -5.54. The number of pyridine rings is 2. The number of ether oxygens (including phenoxy) is 3. The molecule has 0 aliphatic carbocycles. The molecule has 0 radical (unpaired) electrons. The molecule has 360 valence electrons. The molecule has 3 aliphatic rings. The van der Waals surface area contributed by atoms with Gasteiger partial charge in [0.15, 0.2) is 11.2 Å². The van der Waals surface area contributed by atoms with E-state index in [0.717, 1.165) is 38.9 Å². The Morgan fingerprint density at radius 3 is 1.69 bits per heavy atom. The first-order valence-corrected chi connectivity index (χ1v) is 21.7. The number of hydrogen-bond acceptors (Lipinski definition) is 7. The summed E-state index contributed by atoms with van der Waals surface area (Å²) in [6.45, 7) is 10.8. The standard InChI is InChI=1S/C26H27F4NO2.C15H16F4O2.C10H10N2.CH4/c1-16-7-8-20-17(5-4-6-22(20)31-16)9-11-25(32,26(28,29)30)15-24(2,3)21-14-19(27)13-18-10-12-33-23(18)21;1-13(2,7-14(8-21-14)15(17,18)19)11-6-10(16)5-9-3-4-20-12(9)11;1-7-5-6-8-9(11)3-2-4-10(8)12-7;/h4-8,13-14,32H,9-12,15H2,1-3H3;5-6H,3-4,7-8H2,1-2H3;2-6H,11H2,1H3;1H4/t25-;14-;;/m10../s1. The van der Waals surface area contributed by atoms with E-state index in [1.165, 1.54) is 24.3 Å². The quantitative estimate of drug-likeness (QED) is 0.0845. The number of alkyl halides is 6. The van der Waals surface area contributed by atoms with E-state index >= 15 is 0 Å². The summed E-state index contributed by atoms with van der Waals surface area (Å²) in [6.07, 6.45) is -9.56. The first-order chi connectivity index (χ1) is 30.8. The van der Waals surface area contributed by atoms with Gasteiger partial charge in [0.25, 0.3) is 0 Å². The number of nitrogen functional groups attached to an aromatic ring is 1. The normalized spacial score (nSPS) is 17.4. The van der Waals surface area contributed by atoms with Crippen LogP contribution < -0.4 is 15.2 Å². The van der Waals surface area contributed by atoms with Crippen LogP contribution in [-0.2, 0) is 34.8 Å². The van der Waals surface area contributed by atoms with E-state index in [1.54, 1.807) is 39.8 Å². The lowest BCUT2D eigenvalue weighted by atomic mass is 9.72. The van der Waals surface area contributed by atoms with Crippen molar-refractivity contribution in [2.45, 2.75) is 122 Å². The van der Waals surface area contributed by atoms with Crippen LogP contribution in [0.3, 0.4) is 0 Å². The van der Waals surface area contributed by atoms with E-state index in [9.17, 15) is 40.2 Å². The summed E-state index contributed by atoms with van der Waals surface area (Å²) < 4.78 is 126. The van der Waals surface area contributed by atoms with Gasteiger partial charge >= 0.3 is 12.4 Å². The predicted octanol–water partition coefficient (Wildman–Crippen LogP) is 12.7. The third-order valence-electron chi connectivity index (χ3n) is 12.6. The number of nitrogens with two attached hydrogens (primary N) is 1. The lowest BCUT2D eigenvalue weighted by molar-refractivity contribution is -0.269. The minimum atomic E-state index is -4.86. The minimum Gasteiger partial charge on any atom is -0.493 e. The van der Waals surface area contributed by atoms with Crippen LogP contribution in [0.4, 0.5) is 40.8 Å². The third kappa shape index (κ3) is 10.9. The van der Waals surface area contributed by atoms with Gasteiger partial charge in [-0.05, 0) is 117 Å². The van der Waals surface area contributed by atoms with Crippen LogP contribution in [0.1, 0.15) is 93.6 Å². The van der Waals surface area contributed by atoms with Gasteiger partial charge in [-0.3, -0.25) is 9.97 Å². The van der Waals surface area contributed by atoms with Gasteiger partial charge in [-0.1, -0.05) is 59.4 Å². The lowest BCUT2D eigenvalue weighted by Crippen LogP contribution is -2.49. The molecule has 3 aliphatic heterocycles. The van der Waals surface area contributed by atoms with Gasteiger partial charge in [0, 0.05) is 62.9 Å². The number of hydrogen-bond donors (Lipinski definition) is 2. The van der Waals surface area contributed by atoms with E-state index in [1.807, 2.05) is 62.4 Å². The van der Waals surface area contributed by atoms with Crippen molar-refractivity contribution in [2.75, 3.05) is 25.6 Å². The first kappa shape index (κ1) is 50.9. The molecule has 7 nitrogen and oxygen atoms in total. The highest BCUT2D eigenvalue weighted by molar-refractivity contribution is 5.90. The molecule has 2 atom stereocenters. The average Bonchev–Trinajstić information content (AvgIpc) is 3.61. The summed E-state index contributed by atoms with van der Waals surface area (Å²) in [5.74, 6) is -0.00248. The molecule has 3 N–H and O–H groups in total. The molecule has 5 heterocycles. The molecule has 2 aromatic heterocycles. The van der Waals surface area contributed by atoms with E-state index < -0.39 is 58.9 Å². The second-order valence-electron chi connectivity index (χ2n) is 18.8. The molecule has 6 aromatic rings. The second kappa shape index (κ2) is 18.9. The Balaban J connectivity index is 0.000000185. The zero-order valence-electron chi connectivity index (χ0n) is 37.6. The van der Waals surface area contributed by atoms with E-state index in [2.05, 4.69) is 9.97 Å². The molecule has 9 rings (SSSR count). The minimum absolute atomic E-state index is 0. The summed E-state index contributed by atoms with van der Waals surface area (Å²) in [7, 11) is 0. The Bertz CT molecular complexity index is 2750. The number of aryl methyl sites for hydroxylation is 3. The van der Waals surface area contributed by atoms with Gasteiger partial charge in [-0.2, -0.15) is 26.3 Å². The number of aromatic nitrogens is 2. The Labute approximate surface area is 385 Å². The summed E-state index contributed by atoms with van der Waals surface area (Å²) in [5, 5.41) is 12.8. The van der Waals surface area contributed by atoms with Crippen molar-refractivity contribution in [3.63, 3.8) is 0 Å². The topological polar surface area (TPSA) is 103 Å². The zero-order valence-corrected chi connectivity index (χ0v) is 37.6. The van der Waals surface area contributed by atoms with Crippen molar-refractivity contribution in [1.29, 1.82) is 0 Å². The number of nitrogens with zero attached hydrogens (tertiary/aromatic N) is 2. The fourth-order valence-electron chi connectivity index (χ4n) is 9.12. The molecular formula is C52H57F8N3O4. The molecular weight excluding hydrogens is 883 g/mol. The average molecular weight is 940 g/mol. The van der Waals surface area contributed by atoms with Gasteiger partial charge in [-0.15, -0.1) is 0 Å². The van der Waals surface area contributed by atoms with Crippen molar-refractivity contribution in [1.82, 2.24) is 9.97 Å². The van der Waals surface area contributed by atoms with Crippen LogP contribution in [0, 0.1) is 25.5 Å². The van der Waals surface area contributed by atoms with E-state index in [-0.39, 0.29) is 26.9 Å². The molecule has 1 fully saturated rings. The Kier molecular flexibility index (Phi) is 14.3. The Morgan fingerprint density at radius 1 is 0.687 bits per heavy atom. The van der Waals surface area contributed by atoms with Crippen molar-refractivity contribution in [2.24, 2.45) is 0 Å². The highest BCUT2D eigenvalue weighted by Gasteiger charge is 2.67. The Morgan fingerprint density at radius 2 is 1.18 bits per heavy atom. The van der Waals surface area contributed by atoms with E-state index in [4.69, 9.17) is 19.9 Å². The smallest absolute Gasteiger partial charge is 0.419 e. The lowest BCUT2D eigenvalue weighted by Gasteiger charge is -2.38. The number of aliphatic hydroxyl groups is 1. The number of fused-ring (bicyclic) bond motifs is 4. The van der Waals surface area contributed by atoms with Crippen molar-refractivity contribution in [3.05, 3.63) is 136 Å². The van der Waals surface area contributed by atoms with Gasteiger partial charge < -0.3 is 25.1 Å². The third-order valence-corrected chi connectivity index (χ3v) is 12.6. The van der Waals surface area contributed by atoms with Crippen LogP contribution >= 0.6 is 0 Å². The maximum atomic E-state index is 14.2. The summed E-state index contributed by atoms with van der Waals surface area (Å²) >= 11 is 0. The van der Waals surface area contributed by atoms with Crippen LogP contribution in [0.25, 0.3) is 21.8 Å². The molecule has 0 bridgehead atoms. The zero-order chi connectivity index (χ0) is 48.0. The molecule has 1 saturated heterocycles. The van der Waals surface area contributed by atoms with Crippen molar-refractivity contribution >= 4 is 27.5 Å². The SMILES string of the molecule is C.CC(C)(C[C@@]1(C(F)(F)F)CO1)c1cc(F)cc2c1OCC2.Cc1ccc2c(CC[C@@](O)(CC(C)(C)c3cc(F)cc4c3OCC4)C(F)(F)F)cccc2n1.Cc1ccc2c(N)cccc2n1. The predicted molar refractivity (Wildman–Crippen MR) is 245 cm³/mol. The monoisotopic (exact) mass is 939 g/mol. The van der Waals surface area contributed by atoms with E-state index in [0.29, 0.717) is 65.3 Å². The molecule has 67 heavy (non-hydrogen) atoms. The molecule has 0 unspecified atom stereocenters. The largest absolute Gasteiger partial charge is 0.493 e. The van der Waals surface area contributed by atoms with Crippen molar-refractivity contribution in [3.8, 4) is 11.5 Å². The van der Waals surface area contributed by atoms with Gasteiger partial charge in [0.1, 0.15) is 23.1 Å². The molecule has 0 amide bonds.